The highest BCUT2D eigenvalue weighted by molar-refractivity contribution is 5.14. The summed E-state index contributed by atoms with van der Waals surface area (Å²) >= 11 is 0. The van der Waals surface area contributed by atoms with Crippen LogP contribution in [0.25, 0.3) is 0 Å². The van der Waals surface area contributed by atoms with Crippen molar-refractivity contribution in [2.24, 2.45) is 0 Å². The number of aromatic nitrogens is 1. The maximum Gasteiger partial charge on any atom is 0.0622 e. The zero-order valence-electron chi connectivity index (χ0n) is 8.12. The fourth-order valence-corrected chi connectivity index (χ4v) is 1.26. The number of hydrogen-bond donors (Lipinski definition) is 0. The van der Waals surface area contributed by atoms with E-state index < -0.39 is 0 Å². The second-order valence-electron chi connectivity index (χ2n) is 3.76. The third-order valence-electron chi connectivity index (χ3n) is 2.22. The molecule has 0 aromatic carbocycles. The van der Waals surface area contributed by atoms with Crippen molar-refractivity contribution in [1.29, 1.82) is 5.26 Å². The highest BCUT2D eigenvalue weighted by Crippen LogP contribution is 2.25. The van der Waals surface area contributed by atoms with E-state index in [2.05, 4.69) is 24.9 Å². The van der Waals surface area contributed by atoms with Crippen LogP contribution in [0.5, 0.6) is 0 Å². The summed E-state index contributed by atoms with van der Waals surface area (Å²) in [5, 5.41) is 8.51. The van der Waals surface area contributed by atoms with Gasteiger partial charge in [-0.15, -0.1) is 0 Å². The van der Waals surface area contributed by atoms with E-state index in [4.69, 9.17) is 5.26 Å². The summed E-state index contributed by atoms with van der Waals surface area (Å²) in [5.74, 6) is 0. The highest BCUT2D eigenvalue weighted by atomic mass is 14.7. The average molecular weight is 174 g/mol. The molecule has 0 bridgehead atoms. The number of hydrogen-bond acceptors (Lipinski definition) is 2. The minimum Gasteiger partial charge on any atom is -0.261 e. The van der Waals surface area contributed by atoms with Gasteiger partial charge in [-0.3, -0.25) is 4.98 Å². The summed E-state index contributed by atoms with van der Waals surface area (Å²) in [6.45, 7) is 4.24. The zero-order chi connectivity index (χ0) is 9.73. The van der Waals surface area contributed by atoms with Gasteiger partial charge >= 0.3 is 0 Å². The minimum absolute atomic E-state index is 0.0109. The molecule has 0 N–H and O–H groups in total. The van der Waals surface area contributed by atoms with Crippen molar-refractivity contribution in [1.82, 2.24) is 4.98 Å². The minimum atomic E-state index is 0.0109. The molecule has 0 saturated heterocycles. The Morgan fingerprint density at radius 2 is 2.23 bits per heavy atom. The van der Waals surface area contributed by atoms with Crippen molar-refractivity contribution in [2.75, 3.05) is 0 Å². The highest BCUT2D eigenvalue weighted by Gasteiger charge is 2.20. The molecule has 0 aliphatic heterocycles. The van der Waals surface area contributed by atoms with Crippen molar-refractivity contribution in [3.8, 4) is 6.07 Å². The topological polar surface area (TPSA) is 36.7 Å². The van der Waals surface area contributed by atoms with E-state index in [-0.39, 0.29) is 5.41 Å². The van der Waals surface area contributed by atoms with Crippen LogP contribution >= 0.6 is 0 Å². The second kappa shape index (κ2) is 4.04. The van der Waals surface area contributed by atoms with E-state index >= 15 is 0 Å². The Balaban J connectivity index is 2.76. The van der Waals surface area contributed by atoms with Crippen molar-refractivity contribution in [3.63, 3.8) is 0 Å². The van der Waals surface area contributed by atoms with Crippen molar-refractivity contribution < 1.29 is 0 Å². The predicted octanol–water partition coefficient (Wildman–Crippen LogP) is 2.66. The monoisotopic (exact) mass is 174 g/mol. The molecule has 1 aromatic rings. The SMILES string of the molecule is CC(C)(CCC#N)c1ccccn1. The van der Waals surface area contributed by atoms with Gasteiger partial charge in [-0.2, -0.15) is 5.26 Å². The van der Waals surface area contributed by atoms with E-state index in [1.807, 2.05) is 18.2 Å². The standard InChI is InChI=1S/C11H14N2/c1-11(2,7-5-8-12)10-6-3-4-9-13-10/h3-4,6,9H,5,7H2,1-2H3. The number of nitrogens with zero attached hydrogens (tertiary/aromatic N) is 2. The molecule has 0 fully saturated rings. The Labute approximate surface area is 79.2 Å². The Bertz CT molecular complexity index is 296. The van der Waals surface area contributed by atoms with E-state index in [0.717, 1.165) is 12.1 Å². The molecule has 0 aliphatic rings. The molecule has 0 spiro atoms. The molecule has 2 heteroatoms. The lowest BCUT2D eigenvalue weighted by Gasteiger charge is -2.22. The Hall–Kier alpha value is -1.36. The second-order valence-corrected chi connectivity index (χ2v) is 3.76. The number of pyridine rings is 1. The summed E-state index contributed by atoms with van der Waals surface area (Å²) in [4.78, 5) is 4.29. The fourth-order valence-electron chi connectivity index (χ4n) is 1.26. The fraction of sp³-hybridized carbons (Fsp3) is 0.455. The van der Waals surface area contributed by atoms with Gasteiger partial charge in [0.25, 0.3) is 0 Å². The molecule has 0 atom stereocenters. The van der Waals surface area contributed by atoms with Crippen LogP contribution in [-0.2, 0) is 5.41 Å². The van der Waals surface area contributed by atoms with E-state index in [9.17, 15) is 0 Å². The van der Waals surface area contributed by atoms with Gasteiger partial charge in [-0.05, 0) is 18.6 Å². The third-order valence-corrected chi connectivity index (χ3v) is 2.22. The third kappa shape index (κ3) is 2.55. The molecular formula is C11H14N2. The number of nitriles is 1. The van der Waals surface area contributed by atoms with Crippen molar-refractivity contribution >= 4 is 0 Å². The van der Waals surface area contributed by atoms with Crippen LogP contribution in [0.1, 0.15) is 32.4 Å². The van der Waals surface area contributed by atoms with Crippen LogP contribution in [0, 0.1) is 11.3 Å². The molecule has 1 heterocycles. The van der Waals surface area contributed by atoms with Gasteiger partial charge in [0.15, 0.2) is 0 Å². The lowest BCUT2D eigenvalue weighted by Crippen LogP contribution is -2.18. The van der Waals surface area contributed by atoms with Crippen LogP contribution < -0.4 is 0 Å². The first-order valence-corrected chi connectivity index (χ1v) is 4.45. The molecule has 0 amide bonds. The smallest absolute Gasteiger partial charge is 0.0622 e. The van der Waals surface area contributed by atoms with Crippen LogP contribution in [-0.4, -0.2) is 4.98 Å². The van der Waals surface area contributed by atoms with Crippen LogP contribution in [0.3, 0.4) is 0 Å². The maximum absolute atomic E-state index is 8.51. The zero-order valence-corrected chi connectivity index (χ0v) is 8.12. The lowest BCUT2D eigenvalue weighted by atomic mass is 9.84. The molecule has 1 rings (SSSR count). The van der Waals surface area contributed by atoms with Crippen LogP contribution in [0.4, 0.5) is 0 Å². The van der Waals surface area contributed by atoms with Gasteiger partial charge in [0.1, 0.15) is 0 Å². The predicted molar refractivity (Wildman–Crippen MR) is 52.1 cm³/mol. The van der Waals surface area contributed by atoms with Gasteiger partial charge in [0, 0.05) is 23.7 Å². The van der Waals surface area contributed by atoms with Gasteiger partial charge in [-0.1, -0.05) is 19.9 Å². The molecule has 0 saturated carbocycles. The van der Waals surface area contributed by atoms with Crippen molar-refractivity contribution in [3.05, 3.63) is 30.1 Å². The molecular weight excluding hydrogens is 160 g/mol. The van der Waals surface area contributed by atoms with Gasteiger partial charge in [0.05, 0.1) is 6.07 Å². The van der Waals surface area contributed by atoms with E-state index in [1.165, 1.54) is 0 Å². The van der Waals surface area contributed by atoms with Gasteiger partial charge < -0.3 is 0 Å². The molecule has 0 radical (unpaired) electrons. The first-order chi connectivity index (χ1) is 6.17. The molecule has 68 valence electrons. The van der Waals surface area contributed by atoms with Crippen molar-refractivity contribution in [2.45, 2.75) is 32.1 Å². The first-order valence-electron chi connectivity index (χ1n) is 4.45. The van der Waals surface area contributed by atoms with E-state index in [1.54, 1.807) is 6.20 Å². The summed E-state index contributed by atoms with van der Waals surface area (Å²) in [6, 6.07) is 8.07. The maximum atomic E-state index is 8.51. The van der Waals surface area contributed by atoms with E-state index in [0.29, 0.717) is 6.42 Å². The average Bonchev–Trinajstić information content (AvgIpc) is 2.16. The summed E-state index contributed by atoms with van der Waals surface area (Å²) < 4.78 is 0. The Morgan fingerprint density at radius 1 is 1.46 bits per heavy atom. The van der Waals surface area contributed by atoms with Crippen LogP contribution in [0.15, 0.2) is 24.4 Å². The van der Waals surface area contributed by atoms with Crippen LogP contribution in [0.2, 0.25) is 0 Å². The molecule has 13 heavy (non-hydrogen) atoms. The summed E-state index contributed by atoms with van der Waals surface area (Å²) in [5.41, 5.74) is 1.07. The van der Waals surface area contributed by atoms with Gasteiger partial charge in [0.2, 0.25) is 0 Å². The largest absolute Gasteiger partial charge is 0.261 e. The normalized spacial score (nSPS) is 10.8. The number of rotatable bonds is 3. The molecule has 0 aliphatic carbocycles. The molecule has 0 unspecified atom stereocenters. The first kappa shape index (κ1) is 9.73. The quantitative estimate of drug-likeness (QED) is 0.706. The Morgan fingerprint density at radius 3 is 2.77 bits per heavy atom. The lowest BCUT2D eigenvalue weighted by molar-refractivity contribution is 0.472. The molecule has 1 aromatic heterocycles. The Kier molecular flexibility index (Phi) is 3.02. The van der Waals surface area contributed by atoms with Gasteiger partial charge in [-0.25, -0.2) is 0 Å². The summed E-state index contributed by atoms with van der Waals surface area (Å²) in [6.07, 6.45) is 3.24. The molecule has 2 nitrogen and oxygen atoms in total. The summed E-state index contributed by atoms with van der Waals surface area (Å²) in [7, 11) is 0.